The minimum Gasteiger partial charge on any atom is -0.329 e. The molecule has 1 N–H and O–H groups in total. The Balaban J connectivity index is 2.67. The van der Waals surface area contributed by atoms with E-state index in [0.29, 0.717) is 16.8 Å². The van der Waals surface area contributed by atoms with Gasteiger partial charge in [0.1, 0.15) is 5.78 Å². The fourth-order valence-electron chi connectivity index (χ4n) is 1.66. The number of pyridine rings is 1. The van der Waals surface area contributed by atoms with Gasteiger partial charge >= 0.3 is 0 Å². The summed E-state index contributed by atoms with van der Waals surface area (Å²) >= 11 is 6.01. The van der Waals surface area contributed by atoms with Gasteiger partial charge < -0.3 is 4.98 Å². The van der Waals surface area contributed by atoms with E-state index in [9.17, 15) is 9.59 Å². The summed E-state index contributed by atoms with van der Waals surface area (Å²) in [4.78, 5) is 25.1. The number of benzene rings is 1. The monoisotopic (exact) mass is 235 g/mol. The maximum atomic E-state index is 11.5. The number of aromatic amines is 1. The summed E-state index contributed by atoms with van der Waals surface area (Å²) in [6.45, 7) is 1.51. The molecule has 0 saturated heterocycles. The third-order valence-electron chi connectivity index (χ3n) is 2.38. The van der Waals surface area contributed by atoms with E-state index in [0.717, 1.165) is 10.9 Å². The van der Waals surface area contributed by atoms with Crippen LogP contribution in [0.15, 0.2) is 29.2 Å². The molecule has 1 heterocycles. The van der Waals surface area contributed by atoms with Crippen LogP contribution in [0.5, 0.6) is 0 Å². The Morgan fingerprint density at radius 3 is 2.88 bits per heavy atom. The Labute approximate surface area is 97.1 Å². The van der Waals surface area contributed by atoms with E-state index in [-0.39, 0.29) is 11.3 Å². The molecule has 0 bridgehead atoms. The molecular formula is C12H10ClNO2. The number of hydrogen-bond donors (Lipinski definition) is 1. The summed E-state index contributed by atoms with van der Waals surface area (Å²) in [5.41, 5.74) is 0.584. The Morgan fingerprint density at radius 1 is 1.44 bits per heavy atom. The second-order valence-electron chi connectivity index (χ2n) is 3.72. The fourth-order valence-corrected chi connectivity index (χ4v) is 1.89. The van der Waals surface area contributed by atoms with Crippen LogP contribution in [0.3, 0.4) is 0 Å². The highest BCUT2D eigenvalue weighted by Gasteiger charge is 2.07. The van der Waals surface area contributed by atoms with Crippen LogP contribution in [0.25, 0.3) is 10.8 Å². The molecule has 4 heteroatoms. The summed E-state index contributed by atoms with van der Waals surface area (Å²) in [6, 6.07) is 5.18. The van der Waals surface area contributed by atoms with Gasteiger partial charge in [0, 0.05) is 23.0 Å². The van der Waals surface area contributed by atoms with E-state index in [1.54, 1.807) is 24.4 Å². The molecule has 0 aliphatic carbocycles. The normalized spacial score (nSPS) is 10.6. The first-order valence-electron chi connectivity index (χ1n) is 4.87. The van der Waals surface area contributed by atoms with Crippen molar-refractivity contribution < 1.29 is 4.79 Å². The van der Waals surface area contributed by atoms with Crippen molar-refractivity contribution in [3.05, 3.63) is 45.3 Å². The molecule has 1 aromatic heterocycles. The lowest BCUT2D eigenvalue weighted by Crippen LogP contribution is -2.05. The lowest BCUT2D eigenvalue weighted by Gasteiger charge is -2.04. The molecule has 0 aliphatic rings. The molecule has 0 atom stereocenters. The number of H-pyrrole nitrogens is 1. The molecule has 0 spiro atoms. The highest BCUT2D eigenvalue weighted by molar-refractivity contribution is 6.32. The van der Waals surface area contributed by atoms with Crippen molar-refractivity contribution in [3.63, 3.8) is 0 Å². The van der Waals surface area contributed by atoms with Crippen molar-refractivity contribution in [2.24, 2.45) is 0 Å². The van der Waals surface area contributed by atoms with Gasteiger partial charge in [-0.1, -0.05) is 11.6 Å². The molecule has 1 aromatic carbocycles. The highest BCUT2D eigenvalue weighted by Crippen LogP contribution is 2.22. The number of nitrogens with one attached hydrogen (secondary N) is 1. The number of fused-ring (bicyclic) bond motifs is 1. The Hall–Kier alpha value is -1.61. The van der Waals surface area contributed by atoms with E-state index in [4.69, 9.17) is 11.6 Å². The lowest BCUT2D eigenvalue weighted by atomic mass is 10.0. The van der Waals surface area contributed by atoms with Gasteiger partial charge in [0.2, 0.25) is 0 Å². The highest BCUT2D eigenvalue weighted by atomic mass is 35.5. The number of ketones is 1. The first kappa shape index (κ1) is 10.9. The number of hydrogen-bond acceptors (Lipinski definition) is 2. The molecule has 2 rings (SSSR count). The summed E-state index contributed by atoms with van der Waals surface area (Å²) in [5.74, 6) is 0.0473. The van der Waals surface area contributed by atoms with Crippen molar-refractivity contribution in [3.8, 4) is 0 Å². The second-order valence-corrected chi connectivity index (χ2v) is 4.12. The molecule has 0 saturated carbocycles. The van der Waals surface area contributed by atoms with Crippen LogP contribution < -0.4 is 5.56 Å². The van der Waals surface area contributed by atoms with Gasteiger partial charge in [-0.2, -0.15) is 0 Å². The number of halogens is 1. The van der Waals surface area contributed by atoms with Crippen molar-refractivity contribution >= 4 is 28.2 Å². The molecule has 0 fully saturated rings. The van der Waals surface area contributed by atoms with E-state index in [1.165, 1.54) is 6.92 Å². The van der Waals surface area contributed by atoms with Gasteiger partial charge in [0.25, 0.3) is 5.56 Å². The third kappa shape index (κ3) is 1.99. The summed E-state index contributed by atoms with van der Waals surface area (Å²) in [5, 5.41) is 1.80. The van der Waals surface area contributed by atoms with Gasteiger partial charge in [-0.3, -0.25) is 9.59 Å². The maximum Gasteiger partial charge on any atom is 0.255 e. The Kier molecular flexibility index (Phi) is 2.79. The van der Waals surface area contributed by atoms with E-state index >= 15 is 0 Å². The number of aromatic nitrogens is 1. The molecule has 0 unspecified atom stereocenters. The summed E-state index contributed by atoms with van der Waals surface area (Å²) in [6.07, 6.45) is 1.87. The molecule has 82 valence electrons. The molecule has 16 heavy (non-hydrogen) atoms. The fraction of sp³-hybridized carbons (Fsp3) is 0.167. The molecular weight excluding hydrogens is 226 g/mol. The second kappa shape index (κ2) is 4.10. The first-order valence-corrected chi connectivity index (χ1v) is 5.25. The van der Waals surface area contributed by atoms with E-state index in [1.807, 2.05) is 0 Å². The van der Waals surface area contributed by atoms with Crippen LogP contribution in [0.2, 0.25) is 5.02 Å². The number of carbonyl (C=O) groups is 1. The average molecular weight is 236 g/mol. The van der Waals surface area contributed by atoms with Crippen LogP contribution in [-0.4, -0.2) is 10.8 Å². The SMILES string of the molecule is CC(=O)Cc1cc2cc[nH]c(=O)c2cc1Cl. The van der Waals surface area contributed by atoms with Gasteiger partial charge in [-0.15, -0.1) is 0 Å². The number of rotatable bonds is 2. The zero-order valence-electron chi connectivity index (χ0n) is 8.71. The number of carbonyl (C=O) groups excluding carboxylic acids is 1. The van der Waals surface area contributed by atoms with Crippen molar-refractivity contribution in [1.82, 2.24) is 4.98 Å². The van der Waals surface area contributed by atoms with Crippen LogP contribution >= 0.6 is 11.6 Å². The van der Waals surface area contributed by atoms with Crippen LogP contribution in [0, 0.1) is 0 Å². The lowest BCUT2D eigenvalue weighted by molar-refractivity contribution is -0.116. The number of Topliss-reactive ketones (excluding diaryl/α,β-unsaturated/α-hetero) is 1. The predicted molar refractivity (Wildman–Crippen MR) is 64.0 cm³/mol. The third-order valence-corrected chi connectivity index (χ3v) is 2.73. The van der Waals surface area contributed by atoms with Gasteiger partial charge in [-0.05, 0) is 36.1 Å². The first-order chi connectivity index (χ1) is 7.58. The minimum absolute atomic E-state index is 0.0473. The minimum atomic E-state index is -0.172. The van der Waals surface area contributed by atoms with E-state index < -0.39 is 0 Å². The topological polar surface area (TPSA) is 49.9 Å². The van der Waals surface area contributed by atoms with Crippen molar-refractivity contribution in [2.75, 3.05) is 0 Å². The zero-order valence-corrected chi connectivity index (χ0v) is 9.47. The quantitative estimate of drug-likeness (QED) is 0.869. The van der Waals surface area contributed by atoms with Gasteiger partial charge in [0.05, 0.1) is 0 Å². The van der Waals surface area contributed by atoms with Crippen LogP contribution in [0.4, 0.5) is 0 Å². The van der Waals surface area contributed by atoms with Crippen molar-refractivity contribution in [2.45, 2.75) is 13.3 Å². The predicted octanol–water partition coefficient (Wildman–Crippen LogP) is 2.31. The maximum absolute atomic E-state index is 11.5. The largest absolute Gasteiger partial charge is 0.329 e. The average Bonchev–Trinajstić information content (AvgIpc) is 2.20. The smallest absolute Gasteiger partial charge is 0.255 e. The summed E-state index contributed by atoms with van der Waals surface area (Å²) < 4.78 is 0. The summed E-state index contributed by atoms with van der Waals surface area (Å²) in [7, 11) is 0. The van der Waals surface area contributed by atoms with Crippen LogP contribution in [-0.2, 0) is 11.2 Å². The molecule has 2 aromatic rings. The van der Waals surface area contributed by atoms with Gasteiger partial charge in [-0.25, -0.2) is 0 Å². The molecule has 0 amide bonds. The van der Waals surface area contributed by atoms with Crippen molar-refractivity contribution in [1.29, 1.82) is 0 Å². The Bertz CT molecular complexity index is 616. The molecule has 3 nitrogen and oxygen atoms in total. The molecule has 0 radical (unpaired) electrons. The van der Waals surface area contributed by atoms with Gasteiger partial charge in [0.15, 0.2) is 0 Å². The Morgan fingerprint density at radius 2 is 2.19 bits per heavy atom. The standard InChI is InChI=1S/C12H10ClNO2/c1-7(15)4-9-5-8-2-3-14-12(16)10(8)6-11(9)13/h2-3,5-6H,4H2,1H3,(H,14,16). The zero-order chi connectivity index (χ0) is 11.7. The van der Waals surface area contributed by atoms with E-state index in [2.05, 4.69) is 4.98 Å². The van der Waals surface area contributed by atoms with Crippen LogP contribution in [0.1, 0.15) is 12.5 Å². The molecule has 0 aliphatic heterocycles.